The average Bonchev–Trinajstić information content (AvgIpc) is 3.49. The van der Waals surface area contributed by atoms with Gasteiger partial charge in [-0.3, -0.25) is 14.4 Å². The Morgan fingerprint density at radius 1 is 0.892 bits per heavy atom. The molecule has 0 fully saturated rings. The lowest BCUT2D eigenvalue weighted by Crippen LogP contribution is -2.46. The summed E-state index contributed by atoms with van der Waals surface area (Å²) in [5, 5.41) is 4.01. The highest BCUT2D eigenvalue weighted by Crippen LogP contribution is 2.23. The van der Waals surface area contributed by atoms with Gasteiger partial charge in [0.2, 0.25) is 0 Å². The van der Waals surface area contributed by atoms with Crippen molar-refractivity contribution in [3.05, 3.63) is 115 Å². The van der Waals surface area contributed by atoms with Gasteiger partial charge in [0.15, 0.2) is 0 Å². The first-order valence-corrected chi connectivity index (χ1v) is 11.8. The molecule has 0 atom stereocenters. The molecular formula is C28H26N6O3. The van der Waals surface area contributed by atoms with E-state index in [1.54, 1.807) is 48.8 Å². The van der Waals surface area contributed by atoms with Crippen molar-refractivity contribution in [3.63, 3.8) is 0 Å². The number of amides is 1. The molecule has 0 spiro atoms. The maximum Gasteiger partial charge on any atom is 0.272 e. The fourth-order valence-corrected chi connectivity index (χ4v) is 4.11. The molecule has 9 heteroatoms. The highest BCUT2D eigenvalue weighted by atomic mass is 16.2. The number of benzene rings is 2. The van der Waals surface area contributed by atoms with Gasteiger partial charge in [-0.25, -0.2) is 4.98 Å². The third-order valence-corrected chi connectivity index (χ3v) is 5.92. The van der Waals surface area contributed by atoms with E-state index in [1.165, 1.54) is 0 Å². The molecular weight excluding hydrogens is 468 g/mol. The predicted octanol–water partition coefficient (Wildman–Crippen LogP) is 2.47. The van der Waals surface area contributed by atoms with E-state index in [1.807, 2.05) is 45.0 Å². The first-order chi connectivity index (χ1) is 17.7. The SMILES string of the molecule is CC(C)(C)c1[nH]cnc1/C=c1\[nH]c(=O)/c(=C/c2cccc(NC(=O)c3cc4ccccc4[nH]3)c2)[nH]c1=O. The zero-order valence-electron chi connectivity index (χ0n) is 20.6. The number of hydrogen-bond acceptors (Lipinski definition) is 4. The van der Waals surface area contributed by atoms with Crippen molar-refractivity contribution < 1.29 is 4.79 Å². The molecule has 186 valence electrons. The standard InChI is InChI=1S/C28H26N6O3/c1-28(2,3)24-20(29-15-30-24)14-23-27(37)33-21(26(36)34-23)12-16-7-6-9-18(11-16)31-25(35)22-13-17-8-4-5-10-19(17)32-22/h4-15,32H,1-3H3,(H,29,30)(H,31,35)(H,33,37)(H,34,36)/b21-12-,23-14-. The molecule has 0 unspecified atom stereocenters. The van der Waals surface area contributed by atoms with Gasteiger partial charge < -0.3 is 25.3 Å². The van der Waals surface area contributed by atoms with E-state index in [0.717, 1.165) is 16.6 Å². The number of hydrogen-bond donors (Lipinski definition) is 5. The molecule has 5 N–H and O–H groups in total. The number of H-pyrrole nitrogens is 4. The van der Waals surface area contributed by atoms with Crippen LogP contribution < -0.4 is 27.1 Å². The maximum absolute atomic E-state index is 12.8. The lowest BCUT2D eigenvalue weighted by molar-refractivity contribution is 0.102. The molecule has 9 nitrogen and oxygen atoms in total. The summed E-state index contributed by atoms with van der Waals surface area (Å²) in [4.78, 5) is 54.0. The molecule has 37 heavy (non-hydrogen) atoms. The van der Waals surface area contributed by atoms with E-state index >= 15 is 0 Å². The molecule has 5 aromatic rings. The zero-order chi connectivity index (χ0) is 26.2. The second-order valence-corrected chi connectivity index (χ2v) is 9.79. The minimum atomic E-state index is -0.453. The number of nitrogens with zero attached hydrogens (tertiary/aromatic N) is 1. The van der Waals surface area contributed by atoms with Gasteiger partial charge >= 0.3 is 0 Å². The summed E-state index contributed by atoms with van der Waals surface area (Å²) in [5.41, 5.74) is 2.83. The number of imidazole rings is 1. The molecule has 0 bridgehead atoms. The van der Waals surface area contributed by atoms with Crippen LogP contribution in [0.25, 0.3) is 23.1 Å². The predicted molar refractivity (Wildman–Crippen MR) is 144 cm³/mol. The Morgan fingerprint density at radius 2 is 1.62 bits per heavy atom. The van der Waals surface area contributed by atoms with E-state index in [9.17, 15) is 14.4 Å². The molecule has 0 saturated carbocycles. The summed E-state index contributed by atoms with van der Waals surface area (Å²) in [6.07, 6.45) is 4.67. The Labute approximate surface area is 211 Å². The van der Waals surface area contributed by atoms with Gasteiger partial charge in [0.1, 0.15) is 16.4 Å². The van der Waals surface area contributed by atoms with Crippen molar-refractivity contribution in [2.45, 2.75) is 26.2 Å². The number of aromatic amines is 4. The summed E-state index contributed by atoms with van der Waals surface area (Å²) in [5.74, 6) is -0.285. The van der Waals surface area contributed by atoms with Crippen LogP contribution >= 0.6 is 0 Å². The Balaban J connectivity index is 1.44. The maximum atomic E-state index is 12.8. The van der Waals surface area contributed by atoms with Gasteiger partial charge in [-0.2, -0.15) is 0 Å². The molecule has 0 radical (unpaired) electrons. The quantitative estimate of drug-likeness (QED) is 0.262. The molecule has 5 rings (SSSR count). The molecule has 3 aromatic heterocycles. The summed E-state index contributed by atoms with van der Waals surface area (Å²) in [7, 11) is 0. The number of rotatable bonds is 4. The fourth-order valence-electron chi connectivity index (χ4n) is 4.11. The average molecular weight is 495 g/mol. The first kappa shape index (κ1) is 23.8. The van der Waals surface area contributed by atoms with Crippen LogP contribution in [0.1, 0.15) is 48.2 Å². The molecule has 0 aliphatic rings. The van der Waals surface area contributed by atoms with Gasteiger partial charge in [0.25, 0.3) is 17.0 Å². The first-order valence-electron chi connectivity index (χ1n) is 11.8. The van der Waals surface area contributed by atoms with E-state index in [2.05, 4.69) is 30.2 Å². The summed E-state index contributed by atoms with van der Waals surface area (Å²) < 4.78 is 0. The zero-order valence-corrected chi connectivity index (χ0v) is 20.6. The van der Waals surface area contributed by atoms with Gasteiger partial charge in [-0.05, 0) is 42.0 Å². The van der Waals surface area contributed by atoms with Crippen LogP contribution in [0.4, 0.5) is 5.69 Å². The Hall–Kier alpha value is -4.92. The van der Waals surface area contributed by atoms with Crippen molar-refractivity contribution >= 4 is 34.6 Å². The number of nitrogens with one attached hydrogen (secondary N) is 5. The highest BCUT2D eigenvalue weighted by Gasteiger charge is 2.19. The molecule has 0 aliphatic heterocycles. The van der Waals surface area contributed by atoms with Crippen molar-refractivity contribution in [3.8, 4) is 0 Å². The normalized spacial score (nSPS) is 12.8. The van der Waals surface area contributed by atoms with Gasteiger partial charge in [0, 0.05) is 27.7 Å². The van der Waals surface area contributed by atoms with Crippen LogP contribution in [0.2, 0.25) is 0 Å². The summed E-state index contributed by atoms with van der Waals surface area (Å²) in [6, 6.07) is 16.4. The van der Waals surface area contributed by atoms with E-state index in [-0.39, 0.29) is 22.0 Å². The van der Waals surface area contributed by atoms with Crippen LogP contribution in [0, 0.1) is 0 Å². The van der Waals surface area contributed by atoms with Crippen molar-refractivity contribution in [2.75, 3.05) is 5.32 Å². The van der Waals surface area contributed by atoms with E-state index < -0.39 is 11.1 Å². The summed E-state index contributed by atoms with van der Waals surface area (Å²) in [6.45, 7) is 6.08. The third-order valence-electron chi connectivity index (χ3n) is 5.92. The Kier molecular flexibility index (Phi) is 5.96. The molecule has 1 amide bonds. The van der Waals surface area contributed by atoms with Crippen LogP contribution in [0.3, 0.4) is 0 Å². The number of fused-ring (bicyclic) bond motifs is 1. The molecule has 3 heterocycles. The van der Waals surface area contributed by atoms with Gasteiger partial charge in [0.05, 0.1) is 12.0 Å². The topological polar surface area (TPSA) is 139 Å². The van der Waals surface area contributed by atoms with Crippen LogP contribution in [0.5, 0.6) is 0 Å². The number of carbonyl (C=O) groups excluding carboxylic acids is 1. The second-order valence-electron chi connectivity index (χ2n) is 9.79. The van der Waals surface area contributed by atoms with Crippen LogP contribution in [0.15, 0.2) is 70.5 Å². The minimum absolute atomic E-state index is 0.0966. The monoisotopic (exact) mass is 494 g/mol. The lowest BCUT2D eigenvalue weighted by Gasteiger charge is -2.16. The third kappa shape index (κ3) is 5.06. The van der Waals surface area contributed by atoms with Crippen molar-refractivity contribution in [1.29, 1.82) is 0 Å². The van der Waals surface area contributed by atoms with Gasteiger partial charge in [-0.15, -0.1) is 0 Å². The number of para-hydroxylation sites is 1. The Bertz CT molecular complexity index is 1830. The van der Waals surface area contributed by atoms with Crippen LogP contribution in [-0.4, -0.2) is 30.8 Å². The minimum Gasteiger partial charge on any atom is -0.351 e. The number of aromatic nitrogens is 5. The number of anilines is 1. The largest absolute Gasteiger partial charge is 0.351 e. The van der Waals surface area contributed by atoms with Crippen molar-refractivity contribution in [1.82, 2.24) is 24.9 Å². The summed E-state index contributed by atoms with van der Waals surface area (Å²) >= 11 is 0. The second kappa shape index (κ2) is 9.27. The number of carbonyl (C=O) groups is 1. The van der Waals surface area contributed by atoms with Crippen molar-refractivity contribution in [2.24, 2.45) is 0 Å². The fraction of sp³-hybridized carbons (Fsp3) is 0.143. The lowest BCUT2D eigenvalue weighted by atomic mass is 9.90. The van der Waals surface area contributed by atoms with E-state index in [0.29, 0.717) is 22.6 Å². The van der Waals surface area contributed by atoms with Gasteiger partial charge in [-0.1, -0.05) is 51.1 Å². The van der Waals surface area contributed by atoms with E-state index in [4.69, 9.17) is 0 Å². The Morgan fingerprint density at radius 3 is 2.35 bits per heavy atom. The molecule has 0 aliphatic carbocycles. The molecule has 2 aromatic carbocycles. The van der Waals surface area contributed by atoms with Crippen LogP contribution in [-0.2, 0) is 5.41 Å². The smallest absolute Gasteiger partial charge is 0.272 e. The molecule has 0 saturated heterocycles. The highest BCUT2D eigenvalue weighted by molar-refractivity contribution is 6.06.